The molecule has 20 heavy (non-hydrogen) atoms. The molecule has 0 aromatic heterocycles. The maximum absolute atomic E-state index is 12.7. The number of nitrogens with zero attached hydrogens (tertiary/aromatic N) is 1. The minimum absolute atomic E-state index is 0.0156. The van der Waals surface area contributed by atoms with E-state index in [1.165, 1.54) is 0 Å². The van der Waals surface area contributed by atoms with Gasteiger partial charge in [0.05, 0.1) is 7.11 Å². The summed E-state index contributed by atoms with van der Waals surface area (Å²) in [6.07, 6.45) is 3.25. The average molecular weight is 276 g/mol. The first-order valence-electron chi connectivity index (χ1n) is 7.22. The zero-order valence-corrected chi connectivity index (χ0v) is 12.6. The van der Waals surface area contributed by atoms with Crippen LogP contribution in [0.25, 0.3) is 0 Å². The summed E-state index contributed by atoms with van der Waals surface area (Å²) in [5.41, 5.74) is 7.30. The minimum Gasteiger partial charge on any atom is -0.496 e. The van der Waals surface area contributed by atoms with Gasteiger partial charge in [0.1, 0.15) is 11.3 Å². The van der Waals surface area contributed by atoms with Gasteiger partial charge in [0.2, 0.25) is 0 Å². The number of piperidine rings is 1. The topological polar surface area (TPSA) is 55.6 Å². The van der Waals surface area contributed by atoms with Crippen molar-refractivity contribution in [3.8, 4) is 5.75 Å². The van der Waals surface area contributed by atoms with E-state index in [0.717, 1.165) is 32.4 Å². The Hall–Kier alpha value is -1.71. The van der Waals surface area contributed by atoms with Crippen molar-refractivity contribution in [2.75, 3.05) is 25.9 Å². The number of amides is 1. The number of nitrogens with two attached hydrogens (primary N) is 1. The summed E-state index contributed by atoms with van der Waals surface area (Å²) in [7, 11) is 1.57. The highest BCUT2D eigenvalue weighted by molar-refractivity contribution is 6.01. The van der Waals surface area contributed by atoms with Crippen molar-refractivity contribution >= 4 is 11.6 Å². The second-order valence-electron chi connectivity index (χ2n) is 5.88. The number of ether oxygens (including phenoxy) is 1. The summed E-state index contributed by atoms with van der Waals surface area (Å²) in [4.78, 5) is 14.6. The third-order valence-corrected chi connectivity index (χ3v) is 4.60. The quantitative estimate of drug-likeness (QED) is 0.864. The van der Waals surface area contributed by atoms with Gasteiger partial charge in [-0.2, -0.15) is 0 Å². The Kier molecular flexibility index (Phi) is 4.21. The second-order valence-corrected chi connectivity index (χ2v) is 5.88. The van der Waals surface area contributed by atoms with E-state index < -0.39 is 0 Å². The lowest BCUT2D eigenvalue weighted by atomic mass is 9.78. The van der Waals surface area contributed by atoms with Crippen molar-refractivity contribution < 1.29 is 9.53 Å². The van der Waals surface area contributed by atoms with E-state index in [0.29, 0.717) is 22.4 Å². The molecule has 110 valence electrons. The molecule has 4 heteroatoms. The van der Waals surface area contributed by atoms with Crippen LogP contribution in [0, 0.1) is 5.41 Å². The molecule has 1 aliphatic rings. The Morgan fingerprint density at radius 1 is 1.40 bits per heavy atom. The molecule has 0 unspecified atom stereocenters. The highest BCUT2D eigenvalue weighted by Gasteiger charge is 2.32. The smallest absolute Gasteiger partial charge is 0.259 e. The van der Waals surface area contributed by atoms with Crippen LogP contribution in [0.5, 0.6) is 5.75 Å². The molecule has 1 aromatic rings. The molecule has 1 aliphatic heterocycles. The number of methoxy groups -OCH3 is 1. The molecule has 1 amide bonds. The fourth-order valence-corrected chi connectivity index (χ4v) is 2.71. The largest absolute Gasteiger partial charge is 0.496 e. The molecule has 0 aliphatic carbocycles. The van der Waals surface area contributed by atoms with Crippen molar-refractivity contribution in [3.05, 3.63) is 23.8 Å². The standard InChI is InChI=1S/C16H24N2O2/c1-4-16(2)8-10-18(11-9-16)15(19)14-12(17)6-5-7-13(14)20-3/h5-7H,4,8-11,17H2,1-3H3. The molecule has 2 rings (SSSR count). The normalized spacial score (nSPS) is 17.9. The number of nitrogen functional groups attached to an aromatic ring is 1. The summed E-state index contributed by atoms with van der Waals surface area (Å²) in [6, 6.07) is 5.33. The van der Waals surface area contributed by atoms with Crippen LogP contribution in [-0.4, -0.2) is 31.0 Å². The first kappa shape index (κ1) is 14.7. The van der Waals surface area contributed by atoms with Crippen LogP contribution in [-0.2, 0) is 0 Å². The van der Waals surface area contributed by atoms with Crippen molar-refractivity contribution in [2.24, 2.45) is 5.41 Å². The molecule has 4 nitrogen and oxygen atoms in total. The Labute approximate surface area is 120 Å². The van der Waals surface area contributed by atoms with E-state index in [9.17, 15) is 4.79 Å². The van der Waals surface area contributed by atoms with Crippen LogP contribution in [0.2, 0.25) is 0 Å². The number of benzene rings is 1. The molecule has 1 heterocycles. The maximum atomic E-state index is 12.7. The fraction of sp³-hybridized carbons (Fsp3) is 0.562. The molecule has 1 fully saturated rings. The predicted octanol–water partition coefficient (Wildman–Crippen LogP) is 2.93. The third-order valence-electron chi connectivity index (χ3n) is 4.60. The summed E-state index contributed by atoms with van der Waals surface area (Å²) in [5, 5.41) is 0. The summed E-state index contributed by atoms with van der Waals surface area (Å²) >= 11 is 0. The van der Waals surface area contributed by atoms with E-state index >= 15 is 0 Å². The van der Waals surface area contributed by atoms with Gasteiger partial charge in [-0.05, 0) is 30.4 Å². The van der Waals surface area contributed by atoms with Gasteiger partial charge >= 0.3 is 0 Å². The van der Waals surface area contributed by atoms with Crippen LogP contribution in [0.15, 0.2) is 18.2 Å². The lowest BCUT2D eigenvalue weighted by Gasteiger charge is -2.39. The molecular weight excluding hydrogens is 252 g/mol. The third kappa shape index (κ3) is 2.74. The monoisotopic (exact) mass is 276 g/mol. The van der Waals surface area contributed by atoms with E-state index in [4.69, 9.17) is 10.5 Å². The van der Waals surface area contributed by atoms with Crippen LogP contribution in [0.1, 0.15) is 43.5 Å². The van der Waals surface area contributed by atoms with Crippen LogP contribution >= 0.6 is 0 Å². The zero-order valence-electron chi connectivity index (χ0n) is 12.6. The van der Waals surface area contributed by atoms with E-state index in [1.807, 2.05) is 4.90 Å². The van der Waals surface area contributed by atoms with E-state index in [-0.39, 0.29) is 5.91 Å². The van der Waals surface area contributed by atoms with Gasteiger partial charge < -0.3 is 15.4 Å². The average Bonchev–Trinajstić information content (AvgIpc) is 2.47. The van der Waals surface area contributed by atoms with Gasteiger partial charge in [-0.15, -0.1) is 0 Å². The Morgan fingerprint density at radius 3 is 2.60 bits per heavy atom. The van der Waals surface area contributed by atoms with Gasteiger partial charge in [0, 0.05) is 18.8 Å². The summed E-state index contributed by atoms with van der Waals surface area (Å²) in [6.45, 7) is 6.10. The molecule has 2 N–H and O–H groups in total. The number of hydrogen-bond donors (Lipinski definition) is 1. The van der Waals surface area contributed by atoms with Crippen molar-refractivity contribution in [3.63, 3.8) is 0 Å². The Morgan fingerprint density at radius 2 is 2.05 bits per heavy atom. The zero-order chi connectivity index (χ0) is 14.8. The molecule has 0 atom stereocenters. The van der Waals surface area contributed by atoms with Gasteiger partial charge in [-0.3, -0.25) is 4.79 Å². The molecule has 0 spiro atoms. The lowest BCUT2D eigenvalue weighted by molar-refractivity contribution is 0.0598. The molecule has 1 aromatic carbocycles. The van der Waals surface area contributed by atoms with Crippen LogP contribution in [0.4, 0.5) is 5.69 Å². The molecule has 0 saturated carbocycles. The van der Waals surface area contributed by atoms with Crippen molar-refractivity contribution in [1.29, 1.82) is 0 Å². The predicted molar refractivity (Wildman–Crippen MR) is 80.9 cm³/mol. The second kappa shape index (κ2) is 5.73. The maximum Gasteiger partial charge on any atom is 0.259 e. The molecule has 0 radical (unpaired) electrons. The Balaban J connectivity index is 2.18. The highest BCUT2D eigenvalue weighted by Crippen LogP contribution is 2.35. The fourth-order valence-electron chi connectivity index (χ4n) is 2.71. The Bertz CT molecular complexity index is 491. The minimum atomic E-state index is -0.0156. The van der Waals surface area contributed by atoms with Crippen LogP contribution < -0.4 is 10.5 Å². The van der Waals surface area contributed by atoms with Crippen molar-refractivity contribution in [1.82, 2.24) is 4.90 Å². The number of likely N-dealkylation sites (tertiary alicyclic amines) is 1. The molecule has 1 saturated heterocycles. The van der Waals surface area contributed by atoms with E-state index in [1.54, 1.807) is 25.3 Å². The highest BCUT2D eigenvalue weighted by atomic mass is 16.5. The van der Waals surface area contributed by atoms with Crippen LogP contribution in [0.3, 0.4) is 0 Å². The summed E-state index contributed by atoms with van der Waals surface area (Å²) in [5.74, 6) is 0.539. The molecule has 0 bridgehead atoms. The van der Waals surface area contributed by atoms with Gasteiger partial charge in [-0.1, -0.05) is 26.3 Å². The number of carbonyl (C=O) groups is 1. The lowest BCUT2D eigenvalue weighted by Crippen LogP contribution is -2.42. The summed E-state index contributed by atoms with van der Waals surface area (Å²) < 4.78 is 5.27. The first-order chi connectivity index (χ1) is 9.50. The SMILES string of the molecule is CCC1(C)CCN(C(=O)c2c(N)cccc2OC)CC1. The van der Waals surface area contributed by atoms with Gasteiger partial charge in [0.15, 0.2) is 0 Å². The number of rotatable bonds is 3. The number of hydrogen-bond acceptors (Lipinski definition) is 3. The van der Waals surface area contributed by atoms with E-state index in [2.05, 4.69) is 13.8 Å². The van der Waals surface area contributed by atoms with Gasteiger partial charge in [-0.25, -0.2) is 0 Å². The molecular formula is C16H24N2O2. The van der Waals surface area contributed by atoms with Crippen molar-refractivity contribution in [2.45, 2.75) is 33.1 Å². The first-order valence-corrected chi connectivity index (χ1v) is 7.22. The number of carbonyl (C=O) groups excluding carboxylic acids is 1. The number of anilines is 1. The van der Waals surface area contributed by atoms with Gasteiger partial charge in [0.25, 0.3) is 5.91 Å².